The van der Waals surface area contributed by atoms with E-state index >= 15 is 0 Å². The van der Waals surface area contributed by atoms with E-state index in [0.717, 1.165) is 26.1 Å². The third-order valence-corrected chi connectivity index (χ3v) is 2.08. The fraction of sp³-hybridized carbons (Fsp3) is 0.875. The van der Waals surface area contributed by atoms with E-state index in [4.69, 9.17) is 11.0 Å². The zero-order chi connectivity index (χ0) is 8.10. The van der Waals surface area contributed by atoms with Gasteiger partial charge in [-0.25, -0.2) is 0 Å². The lowest BCUT2D eigenvalue weighted by molar-refractivity contribution is 0.213. The molecule has 1 rings (SSSR count). The summed E-state index contributed by atoms with van der Waals surface area (Å²) in [5.41, 5.74) is 5.77. The molecule has 0 aromatic heterocycles. The van der Waals surface area contributed by atoms with Gasteiger partial charge in [-0.15, -0.1) is 0 Å². The Balaban J connectivity index is 2.18. The summed E-state index contributed by atoms with van der Waals surface area (Å²) in [4.78, 5) is 2.28. The number of likely N-dealkylation sites (tertiary alicyclic amines) is 1. The van der Waals surface area contributed by atoms with Gasteiger partial charge in [-0.2, -0.15) is 5.26 Å². The molecule has 0 radical (unpaired) electrons. The number of nitrogens with two attached hydrogens (primary N) is 1. The van der Waals surface area contributed by atoms with Crippen LogP contribution in [-0.4, -0.2) is 30.6 Å². The summed E-state index contributed by atoms with van der Waals surface area (Å²) in [6.45, 7) is 2.99. The molecule has 3 heteroatoms. The van der Waals surface area contributed by atoms with Crippen LogP contribution in [0.5, 0.6) is 0 Å². The molecule has 1 saturated heterocycles. The van der Waals surface area contributed by atoms with Crippen molar-refractivity contribution in [2.24, 2.45) is 5.73 Å². The molecule has 0 unspecified atom stereocenters. The molecule has 11 heavy (non-hydrogen) atoms. The molecule has 1 aliphatic rings. The monoisotopic (exact) mass is 153 g/mol. The van der Waals surface area contributed by atoms with Crippen LogP contribution >= 0.6 is 0 Å². The zero-order valence-electron chi connectivity index (χ0n) is 6.79. The van der Waals surface area contributed by atoms with E-state index in [0.29, 0.717) is 12.5 Å². The Bertz CT molecular complexity index is 150. The average Bonchev–Trinajstić information content (AvgIpc) is 2.01. The van der Waals surface area contributed by atoms with Gasteiger partial charge < -0.3 is 10.6 Å². The van der Waals surface area contributed by atoms with Gasteiger partial charge in [0.25, 0.3) is 0 Å². The molecule has 2 N–H and O–H groups in total. The van der Waals surface area contributed by atoms with Crippen molar-refractivity contribution in [3.05, 3.63) is 0 Å². The summed E-state index contributed by atoms with van der Waals surface area (Å²) in [7, 11) is 0. The smallest absolute Gasteiger partial charge is 0.0635 e. The van der Waals surface area contributed by atoms with Crippen molar-refractivity contribution in [1.82, 2.24) is 4.90 Å². The van der Waals surface area contributed by atoms with Gasteiger partial charge in [0.15, 0.2) is 0 Å². The van der Waals surface area contributed by atoms with Crippen molar-refractivity contribution < 1.29 is 0 Å². The fourth-order valence-corrected chi connectivity index (χ4v) is 1.50. The van der Waals surface area contributed by atoms with E-state index < -0.39 is 0 Å². The maximum atomic E-state index is 8.35. The molecule has 0 aromatic carbocycles. The maximum absolute atomic E-state index is 8.35. The van der Waals surface area contributed by atoms with E-state index in [1.165, 1.54) is 6.42 Å². The predicted molar refractivity (Wildman–Crippen MR) is 43.9 cm³/mol. The first-order chi connectivity index (χ1) is 5.33. The molecule has 1 atom stereocenters. The Morgan fingerprint density at radius 3 is 3.09 bits per heavy atom. The Morgan fingerprint density at radius 2 is 2.45 bits per heavy atom. The van der Waals surface area contributed by atoms with Crippen LogP contribution in [0.3, 0.4) is 0 Å². The third-order valence-electron chi connectivity index (χ3n) is 2.08. The van der Waals surface area contributed by atoms with Crippen LogP contribution < -0.4 is 5.73 Å². The highest BCUT2D eigenvalue weighted by Gasteiger charge is 2.15. The Hall–Kier alpha value is -0.590. The largest absolute Gasteiger partial charge is 0.327 e. The maximum Gasteiger partial charge on any atom is 0.0635 e. The van der Waals surface area contributed by atoms with Crippen LogP contribution in [0.25, 0.3) is 0 Å². The lowest BCUT2D eigenvalue weighted by atomic mass is 10.1. The van der Waals surface area contributed by atoms with Gasteiger partial charge in [0.2, 0.25) is 0 Å². The van der Waals surface area contributed by atoms with E-state index in [-0.39, 0.29) is 0 Å². The minimum absolute atomic E-state index is 0.336. The molecule has 1 aliphatic heterocycles. The molecule has 0 aliphatic carbocycles. The highest BCUT2D eigenvalue weighted by Crippen LogP contribution is 2.07. The molecule has 62 valence electrons. The predicted octanol–water partition coefficient (Wildman–Crippen LogP) is 0.323. The summed E-state index contributed by atoms with van der Waals surface area (Å²) in [5, 5.41) is 8.35. The standard InChI is InChI=1S/C8H15N3/c9-4-2-6-11-5-1-3-8(10)7-11/h8H,1-3,5-7,10H2/t8-/m1/s1. The lowest BCUT2D eigenvalue weighted by Gasteiger charge is -2.29. The summed E-state index contributed by atoms with van der Waals surface area (Å²) >= 11 is 0. The van der Waals surface area contributed by atoms with Crippen LogP contribution in [0.4, 0.5) is 0 Å². The van der Waals surface area contributed by atoms with Crippen molar-refractivity contribution in [3.63, 3.8) is 0 Å². The summed E-state index contributed by atoms with van der Waals surface area (Å²) < 4.78 is 0. The van der Waals surface area contributed by atoms with Gasteiger partial charge in [-0.1, -0.05) is 0 Å². The molecule has 0 bridgehead atoms. The van der Waals surface area contributed by atoms with E-state index in [2.05, 4.69) is 11.0 Å². The molecular formula is C8H15N3. The Labute approximate surface area is 67.8 Å². The van der Waals surface area contributed by atoms with Crippen LogP contribution in [0, 0.1) is 11.3 Å². The second-order valence-electron chi connectivity index (χ2n) is 3.11. The van der Waals surface area contributed by atoms with Crippen molar-refractivity contribution in [2.75, 3.05) is 19.6 Å². The van der Waals surface area contributed by atoms with Crippen LogP contribution in [0.1, 0.15) is 19.3 Å². The average molecular weight is 153 g/mol. The van der Waals surface area contributed by atoms with Gasteiger partial charge in [0.1, 0.15) is 0 Å². The minimum Gasteiger partial charge on any atom is -0.327 e. The Kier molecular flexibility index (Phi) is 3.34. The quantitative estimate of drug-likeness (QED) is 0.621. The molecule has 0 aromatic rings. The number of rotatable bonds is 2. The number of piperidine rings is 1. The first-order valence-corrected chi connectivity index (χ1v) is 4.18. The molecule has 1 fully saturated rings. The summed E-state index contributed by atoms with van der Waals surface area (Å²) in [6, 6.07) is 2.48. The van der Waals surface area contributed by atoms with Gasteiger partial charge in [0.05, 0.1) is 6.07 Å². The van der Waals surface area contributed by atoms with Crippen molar-refractivity contribution in [1.29, 1.82) is 5.26 Å². The molecule has 1 heterocycles. The van der Waals surface area contributed by atoms with E-state index in [9.17, 15) is 0 Å². The molecule has 0 saturated carbocycles. The van der Waals surface area contributed by atoms with E-state index in [1.807, 2.05) is 0 Å². The molecule has 0 amide bonds. The number of hydrogen-bond donors (Lipinski definition) is 1. The van der Waals surface area contributed by atoms with Crippen LogP contribution in [0.2, 0.25) is 0 Å². The fourth-order valence-electron chi connectivity index (χ4n) is 1.50. The second-order valence-corrected chi connectivity index (χ2v) is 3.11. The van der Waals surface area contributed by atoms with Crippen molar-refractivity contribution in [3.8, 4) is 6.07 Å². The molecular weight excluding hydrogens is 138 g/mol. The first kappa shape index (κ1) is 8.51. The zero-order valence-corrected chi connectivity index (χ0v) is 6.79. The Morgan fingerprint density at radius 1 is 1.64 bits per heavy atom. The number of nitriles is 1. The molecule has 0 spiro atoms. The van der Waals surface area contributed by atoms with Crippen LogP contribution in [0.15, 0.2) is 0 Å². The van der Waals surface area contributed by atoms with Crippen molar-refractivity contribution >= 4 is 0 Å². The van der Waals surface area contributed by atoms with Gasteiger partial charge in [-0.05, 0) is 19.4 Å². The highest BCUT2D eigenvalue weighted by atomic mass is 15.1. The van der Waals surface area contributed by atoms with Gasteiger partial charge >= 0.3 is 0 Å². The SMILES string of the molecule is N#CCCN1CCC[C@@H](N)C1. The van der Waals surface area contributed by atoms with Gasteiger partial charge in [0, 0.05) is 25.6 Å². The summed E-state index contributed by atoms with van der Waals surface area (Å²) in [6.07, 6.45) is 2.96. The third kappa shape index (κ3) is 2.87. The minimum atomic E-state index is 0.336. The topological polar surface area (TPSA) is 53.0 Å². The van der Waals surface area contributed by atoms with Crippen LogP contribution in [-0.2, 0) is 0 Å². The van der Waals surface area contributed by atoms with Gasteiger partial charge in [-0.3, -0.25) is 0 Å². The van der Waals surface area contributed by atoms with E-state index in [1.54, 1.807) is 0 Å². The first-order valence-electron chi connectivity index (χ1n) is 4.18. The molecule has 3 nitrogen and oxygen atoms in total. The highest BCUT2D eigenvalue weighted by molar-refractivity contribution is 4.78. The normalized spacial score (nSPS) is 26.4. The lowest BCUT2D eigenvalue weighted by Crippen LogP contribution is -2.42. The van der Waals surface area contributed by atoms with Crippen molar-refractivity contribution in [2.45, 2.75) is 25.3 Å². The summed E-state index contributed by atoms with van der Waals surface area (Å²) in [5.74, 6) is 0. The number of nitrogens with zero attached hydrogens (tertiary/aromatic N) is 2. The number of hydrogen-bond acceptors (Lipinski definition) is 3. The second kappa shape index (κ2) is 4.32.